The van der Waals surface area contributed by atoms with Crippen molar-refractivity contribution in [2.75, 3.05) is 6.61 Å². The molecule has 1 rings (SSSR count). The van der Waals surface area contributed by atoms with E-state index in [-0.39, 0.29) is 0 Å². The monoisotopic (exact) mass is 142 g/mol. The van der Waals surface area contributed by atoms with Crippen molar-refractivity contribution in [1.82, 2.24) is 0 Å². The van der Waals surface area contributed by atoms with E-state index in [9.17, 15) is 0 Å². The largest absolute Gasteiger partial charge is 0.396 e. The van der Waals surface area contributed by atoms with Crippen LogP contribution in [-0.2, 0) is 0 Å². The van der Waals surface area contributed by atoms with Gasteiger partial charge in [-0.3, -0.25) is 0 Å². The van der Waals surface area contributed by atoms with Gasteiger partial charge in [0.15, 0.2) is 0 Å². The Hall–Kier alpha value is -0.0400. The van der Waals surface area contributed by atoms with Gasteiger partial charge in [-0.05, 0) is 18.3 Å². The molecule has 0 aromatic heterocycles. The summed E-state index contributed by atoms with van der Waals surface area (Å²) in [4.78, 5) is 0. The second-order valence-corrected chi connectivity index (χ2v) is 3.43. The van der Waals surface area contributed by atoms with Crippen molar-refractivity contribution in [3.63, 3.8) is 0 Å². The molecule has 1 aliphatic rings. The first-order valence-electron chi connectivity index (χ1n) is 4.49. The normalized spacial score (nSPS) is 30.6. The molecule has 0 aromatic carbocycles. The van der Waals surface area contributed by atoms with E-state index in [0.717, 1.165) is 5.92 Å². The lowest BCUT2D eigenvalue weighted by Gasteiger charge is -1.95. The first-order chi connectivity index (χ1) is 4.88. The smallest absolute Gasteiger partial charge is 0.0462 e. The van der Waals surface area contributed by atoms with Crippen molar-refractivity contribution >= 4 is 0 Å². The Morgan fingerprint density at radius 1 is 1.30 bits per heavy atom. The van der Waals surface area contributed by atoms with Gasteiger partial charge in [-0.1, -0.05) is 32.6 Å². The molecule has 0 bridgehead atoms. The quantitative estimate of drug-likeness (QED) is 0.583. The number of aliphatic hydroxyl groups is 1. The van der Waals surface area contributed by atoms with Gasteiger partial charge in [0.1, 0.15) is 0 Å². The van der Waals surface area contributed by atoms with Crippen molar-refractivity contribution in [1.29, 1.82) is 0 Å². The summed E-state index contributed by atoms with van der Waals surface area (Å²) in [5.74, 6) is 1.56. The van der Waals surface area contributed by atoms with Crippen LogP contribution >= 0.6 is 0 Å². The van der Waals surface area contributed by atoms with Gasteiger partial charge in [-0.15, -0.1) is 0 Å². The lowest BCUT2D eigenvalue weighted by Crippen LogP contribution is -1.88. The van der Waals surface area contributed by atoms with Gasteiger partial charge in [0, 0.05) is 6.61 Å². The van der Waals surface area contributed by atoms with Gasteiger partial charge >= 0.3 is 0 Å². The number of aliphatic hydroxyl groups excluding tert-OH is 1. The molecule has 0 spiro atoms. The average molecular weight is 142 g/mol. The highest BCUT2D eigenvalue weighted by Crippen LogP contribution is 2.41. The molecule has 0 saturated heterocycles. The Morgan fingerprint density at radius 2 is 2.10 bits per heavy atom. The van der Waals surface area contributed by atoms with E-state index in [4.69, 9.17) is 5.11 Å². The lowest BCUT2D eigenvalue weighted by atomic mass is 10.1. The molecule has 60 valence electrons. The molecule has 0 heterocycles. The van der Waals surface area contributed by atoms with E-state index in [1.807, 2.05) is 0 Å². The summed E-state index contributed by atoms with van der Waals surface area (Å²) in [6.07, 6.45) is 6.71. The Labute approximate surface area is 63.4 Å². The highest BCUT2D eigenvalue weighted by molar-refractivity contribution is 4.84. The molecule has 0 radical (unpaired) electrons. The van der Waals surface area contributed by atoms with E-state index in [2.05, 4.69) is 6.92 Å². The summed E-state index contributed by atoms with van der Waals surface area (Å²) in [5.41, 5.74) is 0. The Balaban J connectivity index is 1.87. The summed E-state index contributed by atoms with van der Waals surface area (Å²) in [6, 6.07) is 0. The maximum atomic E-state index is 8.73. The number of hydrogen-bond donors (Lipinski definition) is 1. The molecule has 1 saturated carbocycles. The maximum absolute atomic E-state index is 8.73. The summed E-state index contributed by atoms with van der Waals surface area (Å²) < 4.78 is 0. The third-order valence-corrected chi connectivity index (χ3v) is 2.48. The third-order valence-electron chi connectivity index (χ3n) is 2.48. The maximum Gasteiger partial charge on any atom is 0.0462 e. The van der Waals surface area contributed by atoms with Crippen LogP contribution in [0.5, 0.6) is 0 Å². The zero-order valence-electron chi connectivity index (χ0n) is 6.84. The van der Waals surface area contributed by atoms with Gasteiger partial charge in [-0.2, -0.15) is 0 Å². The summed E-state index contributed by atoms with van der Waals surface area (Å²) >= 11 is 0. The van der Waals surface area contributed by atoms with Crippen LogP contribution in [0, 0.1) is 11.8 Å². The molecule has 1 heteroatoms. The molecular weight excluding hydrogens is 124 g/mol. The summed E-state index contributed by atoms with van der Waals surface area (Å²) in [6.45, 7) is 2.66. The molecular formula is C9H18O. The third kappa shape index (κ3) is 2.30. The van der Waals surface area contributed by atoms with Crippen molar-refractivity contribution in [2.24, 2.45) is 11.8 Å². The minimum Gasteiger partial charge on any atom is -0.396 e. The number of unbranched alkanes of at least 4 members (excludes halogenated alkanes) is 2. The fourth-order valence-electron chi connectivity index (χ4n) is 1.54. The second kappa shape index (κ2) is 3.97. The van der Waals surface area contributed by atoms with Crippen LogP contribution in [0.1, 0.15) is 39.0 Å². The van der Waals surface area contributed by atoms with Crippen LogP contribution in [0.4, 0.5) is 0 Å². The van der Waals surface area contributed by atoms with Gasteiger partial charge in [-0.25, -0.2) is 0 Å². The van der Waals surface area contributed by atoms with Crippen molar-refractivity contribution in [3.8, 4) is 0 Å². The summed E-state index contributed by atoms with van der Waals surface area (Å²) in [5, 5.41) is 8.73. The van der Waals surface area contributed by atoms with Crippen LogP contribution < -0.4 is 0 Å². The van der Waals surface area contributed by atoms with Gasteiger partial charge in [0.05, 0.1) is 0 Å². The predicted molar refractivity (Wildman–Crippen MR) is 42.8 cm³/mol. The first kappa shape index (κ1) is 8.06. The predicted octanol–water partition coefficient (Wildman–Crippen LogP) is 2.20. The number of rotatable bonds is 5. The second-order valence-electron chi connectivity index (χ2n) is 3.43. The van der Waals surface area contributed by atoms with Gasteiger partial charge in [0.25, 0.3) is 0 Å². The Morgan fingerprint density at radius 3 is 2.60 bits per heavy atom. The SMILES string of the molecule is CCCCC[C@@H]1C[C@H]1CO. The van der Waals surface area contributed by atoms with E-state index in [1.165, 1.54) is 32.1 Å². The number of hydrogen-bond acceptors (Lipinski definition) is 1. The van der Waals surface area contributed by atoms with Crippen LogP contribution in [0.2, 0.25) is 0 Å². The molecule has 0 unspecified atom stereocenters. The molecule has 0 aliphatic heterocycles. The van der Waals surface area contributed by atoms with Crippen molar-refractivity contribution in [3.05, 3.63) is 0 Å². The fraction of sp³-hybridized carbons (Fsp3) is 1.00. The molecule has 0 amide bonds. The molecule has 1 aliphatic carbocycles. The average Bonchev–Trinajstić information content (AvgIpc) is 2.68. The van der Waals surface area contributed by atoms with Crippen LogP contribution in [0.25, 0.3) is 0 Å². The zero-order chi connectivity index (χ0) is 7.40. The highest BCUT2D eigenvalue weighted by atomic mass is 16.3. The topological polar surface area (TPSA) is 20.2 Å². The van der Waals surface area contributed by atoms with Crippen LogP contribution in [0.15, 0.2) is 0 Å². The molecule has 1 N–H and O–H groups in total. The molecule has 0 aromatic rings. The Kier molecular flexibility index (Phi) is 3.20. The van der Waals surface area contributed by atoms with E-state index in [1.54, 1.807) is 0 Å². The summed E-state index contributed by atoms with van der Waals surface area (Å²) in [7, 11) is 0. The van der Waals surface area contributed by atoms with E-state index in [0.29, 0.717) is 12.5 Å². The van der Waals surface area contributed by atoms with Crippen molar-refractivity contribution < 1.29 is 5.11 Å². The highest BCUT2D eigenvalue weighted by Gasteiger charge is 2.34. The van der Waals surface area contributed by atoms with Crippen molar-refractivity contribution in [2.45, 2.75) is 39.0 Å². The van der Waals surface area contributed by atoms with E-state index < -0.39 is 0 Å². The zero-order valence-corrected chi connectivity index (χ0v) is 6.84. The van der Waals surface area contributed by atoms with Gasteiger partial charge < -0.3 is 5.11 Å². The minimum atomic E-state index is 0.427. The minimum absolute atomic E-state index is 0.427. The Bertz CT molecular complexity index is 90.7. The first-order valence-corrected chi connectivity index (χ1v) is 4.49. The fourth-order valence-corrected chi connectivity index (χ4v) is 1.54. The molecule has 1 fully saturated rings. The standard InChI is InChI=1S/C9H18O/c1-2-3-4-5-8-6-9(8)7-10/h8-10H,2-7H2,1H3/t8-,9+/m1/s1. The van der Waals surface area contributed by atoms with Gasteiger partial charge in [0.2, 0.25) is 0 Å². The molecule has 1 nitrogen and oxygen atoms in total. The molecule has 10 heavy (non-hydrogen) atoms. The lowest BCUT2D eigenvalue weighted by molar-refractivity contribution is 0.267. The van der Waals surface area contributed by atoms with Crippen LogP contribution in [0.3, 0.4) is 0 Å². The van der Waals surface area contributed by atoms with E-state index >= 15 is 0 Å². The van der Waals surface area contributed by atoms with Crippen LogP contribution in [-0.4, -0.2) is 11.7 Å². The molecule has 2 atom stereocenters.